The summed E-state index contributed by atoms with van der Waals surface area (Å²) < 4.78 is 15.5. The molecule has 0 spiro atoms. The normalized spacial score (nSPS) is 14.8. The third-order valence-corrected chi connectivity index (χ3v) is 6.81. The highest BCUT2D eigenvalue weighted by Crippen LogP contribution is 2.34. The molecule has 0 bridgehead atoms. The van der Waals surface area contributed by atoms with E-state index < -0.39 is 29.4 Å². The third kappa shape index (κ3) is 4.93. The van der Waals surface area contributed by atoms with Crippen LogP contribution in [0.1, 0.15) is 33.6 Å². The van der Waals surface area contributed by atoms with Crippen LogP contribution in [0.4, 0.5) is 14.9 Å². The number of nitrogens with zero attached hydrogens (tertiary/aromatic N) is 2. The van der Waals surface area contributed by atoms with Gasteiger partial charge in [0.25, 0.3) is 11.1 Å². The standard InChI is InChI=1S/C27H26FN3O3S/c1-15-9-16(2)25(17(3)10-15)31-18(4)11-20(19(31)5)12-23-26(33)30(27(34)35-23)14-24(32)29-22-8-6-7-21(28)13-22/h6-13H,14H2,1-5H3,(H,29,32)/b23-12+. The van der Waals surface area contributed by atoms with Crippen LogP contribution in [-0.4, -0.2) is 33.1 Å². The lowest BCUT2D eigenvalue weighted by Gasteiger charge is -2.17. The van der Waals surface area contributed by atoms with Crippen LogP contribution < -0.4 is 5.32 Å². The van der Waals surface area contributed by atoms with Crippen molar-refractivity contribution in [1.82, 2.24) is 9.47 Å². The predicted molar refractivity (Wildman–Crippen MR) is 137 cm³/mol. The quantitative estimate of drug-likeness (QED) is 0.456. The summed E-state index contributed by atoms with van der Waals surface area (Å²) in [6.07, 6.45) is 1.70. The highest BCUT2D eigenvalue weighted by atomic mass is 32.2. The van der Waals surface area contributed by atoms with Gasteiger partial charge in [0.1, 0.15) is 12.4 Å². The molecule has 2 heterocycles. The molecule has 0 atom stereocenters. The van der Waals surface area contributed by atoms with E-state index in [1.54, 1.807) is 6.08 Å². The monoisotopic (exact) mass is 491 g/mol. The van der Waals surface area contributed by atoms with Gasteiger partial charge in [0, 0.05) is 17.1 Å². The number of aryl methyl sites for hydroxylation is 4. The summed E-state index contributed by atoms with van der Waals surface area (Å²) in [5.74, 6) is -1.60. The van der Waals surface area contributed by atoms with Gasteiger partial charge in [0.05, 0.1) is 10.6 Å². The summed E-state index contributed by atoms with van der Waals surface area (Å²) in [5.41, 5.74) is 7.66. The summed E-state index contributed by atoms with van der Waals surface area (Å²) in [6.45, 7) is 9.76. The molecular formula is C27H26FN3O3S. The highest BCUT2D eigenvalue weighted by molar-refractivity contribution is 8.18. The molecule has 0 unspecified atom stereocenters. The molecule has 6 nitrogen and oxygen atoms in total. The molecule has 3 amide bonds. The minimum Gasteiger partial charge on any atom is -0.324 e. The number of imide groups is 1. The topological polar surface area (TPSA) is 71.4 Å². The van der Waals surface area contributed by atoms with Crippen molar-refractivity contribution in [2.75, 3.05) is 11.9 Å². The Balaban J connectivity index is 1.57. The second-order valence-corrected chi connectivity index (χ2v) is 9.73. The SMILES string of the molecule is Cc1cc(C)c(-n2c(C)cc(/C=C3/SC(=O)N(CC(=O)Nc4cccc(F)c4)C3=O)c2C)c(C)c1. The predicted octanol–water partition coefficient (Wildman–Crippen LogP) is 5.83. The first kappa shape index (κ1) is 24.5. The van der Waals surface area contributed by atoms with Gasteiger partial charge in [-0.05, 0) is 93.4 Å². The second kappa shape index (κ2) is 9.54. The van der Waals surface area contributed by atoms with Gasteiger partial charge in [-0.15, -0.1) is 0 Å². The van der Waals surface area contributed by atoms with Crippen LogP contribution in [0.25, 0.3) is 11.8 Å². The Hall–Kier alpha value is -3.65. The fraction of sp³-hybridized carbons (Fsp3) is 0.222. The lowest BCUT2D eigenvalue weighted by Crippen LogP contribution is -2.36. The largest absolute Gasteiger partial charge is 0.324 e. The van der Waals surface area contributed by atoms with Gasteiger partial charge in [-0.25, -0.2) is 4.39 Å². The van der Waals surface area contributed by atoms with Crippen LogP contribution in [-0.2, 0) is 9.59 Å². The number of carbonyl (C=O) groups is 3. The molecule has 8 heteroatoms. The van der Waals surface area contributed by atoms with Crippen molar-refractivity contribution in [2.24, 2.45) is 0 Å². The van der Waals surface area contributed by atoms with Crippen LogP contribution in [0, 0.1) is 40.4 Å². The number of anilines is 1. The number of hydrogen-bond acceptors (Lipinski definition) is 4. The first-order valence-electron chi connectivity index (χ1n) is 11.1. The average Bonchev–Trinajstić information content (AvgIpc) is 3.17. The van der Waals surface area contributed by atoms with E-state index in [1.807, 2.05) is 19.9 Å². The molecule has 4 rings (SSSR count). The first-order chi connectivity index (χ1) is 16.5. The molecule has 2 aromatic carbocycles. The molecule has 0 saturated carbocycles. The Morgan fingerprint density at radius 3 is 2.37 bits per heavy atom. The summed E-state index contributed by atoms with van der Waals surface area (Å²) in [4.78, 5) is 39.0. The fourth-order valence-corrected chi connectivity index (χ4v) is 5.32. The molecule has 1 fully saturated rings. The number of halogens is 1. The van der Waals surface area contributed by atoms with Crippen LogP contribution in [0.5, 0.6) is 0 Å². The molecule has 1 aromatic heterocycles. The van der Waals surface area contributed by atoms with E-state index in [4.69, 9.17) is 0 Å². The van der Waals surface area contributed by atoms with E-state index >= 15 is 0 Å². The van der Waals surface area contributed by atoms with Crippen molar-refractivity contribution in [3.05, 3.63) is 86.8 Å². The molecule has 3 aromatic rings. The van der Waals surface area contributed by atoms with E-state index in [0.29, 0.717) is 0 Å². The van der Waals surface area contributed by atoms with Crippen molar-refractivity contribution in [1.29, 1.82) is 0 Å². The molecule has 1 N–H and O–H groups in total. The Labute approximate surface area is 207 Å². The van der Waals surface area contributed by atoms with Gasteiger partial charge < -0.3 is 9.88 Å². The maximum absolute atomic E-state index is 13.4. The van der Waals surface area contributed by atoms with E-state index in [-0.39, 0.29) is 10.6 Å². The van der Waals surface area contributed by atoms with Gasteiger partial charge in [-0.1, -0.05) is 23.8 Å². The number of nitrogens with one attached hydrogen (secondary N) is 1. The molecule has 180 valence electrons. The van der Waals surface area contributed by atoms with Gasteiger partial charge in [-0.2, -0.15) is 0 Å². The van der Waals surface area contributed by atoms with Gasteiger partial charge in [-0.3, -0.25) is 19.3 Å². The lowest BCUT2D eigenvalue weighted by molar-refractivity contribution is -0.127. The number of aromatic nitrogens is 1. The molecule has 35 heavy (non-hydrogen) atoms. The minimum absolute atomic E-state index is 0.256. The molecule has 0 radical (unpaired) electrons. The van der Waals surface area contributed by atoms with Crippen molar-refractivity contribution in [3.63, 3.8) is 0 Å². The average molecular weight is 492 g/mol. The van der Waals surface area contributed by atoms with E-state index in [0.717, 1.165) is 50.4 Å². The smallest absolute Gasteiger partial charge is 0.294 e. The summed E-state index contributed by atoms with van der Waals surface area (Å²) in [5, 5.41) is 1.99. The number of benzene rings is 2. The maximum atomic E-state index is 13.4. The number of rotatable bonds is 5. The van der Waals surface area contributed by atoms with Gasteiger partial charge in [0.15, 0.2) is 0 Å². The van der Waals surface area contributed by atoms with E-state index in [1.165, 1.54) is 29.8 Å². The molecular weight excluding hydrogens is 465 g/mol. The van der Waals surface area contributed by atoms with Crippen molar-refractivity contribution in [2.45, 2.75) is 34.6 Å². The maximum Gasteiger partial charge on any atom is 0.294 e. The number of hydrogen-bond donors (Lipinski definition) is 1. The third-order valence-electron chi connectivity index (χ3n) is 5.90. The van der Waals surface area contributed by atoms with Crippen molar-refractivity contribution < 1.29 is 18.8 Å². The summed E-state index contributed by atoms with van der Waals surface area (Å²) in [6, 6.07) is 11.7. The number of carbonyl (C=O) groups excluding carboxylic acids is 3. The molecule has 0 aliphatic carbocycles. The second-order valence-electron chi connectivity index (χ2n) is 8.74. The zero-order valence-electron chi connectivity index (χ0n) is 20.2. The Morgan fingerprint density at radius 1 is 1.03 bits per heavy atom. The lowest BCUT2D eigenvalue weighted by atomic mass is 10.0. The molecule has 1 aliphatic heterocycles. The van der Waals surface area contributed by atoms with E-state index in [9.17, 15) is 18.8 Å². The van der Waals surface area contributed by atoms with Gasteiger partial charge in [0.2, 0.25) is 5.91 Å². The van der Waals surface area contributed by atoms with Crippen molar-refractivity contribution in [3.8, 4) is 5.69 Å². The zero-order chi connectivity index (χ0) is 25.4. The van der Waals surface area contributed by atoms with Crippen LogP contribution >= 0.6 is 11.8 Å². The summed E-state index contributed by atoms with van der Waals surface area (Å²) in [7, 11) is 0. The highest BCUT2D eigenvalue weighted by Gasteiger charge is 2.36. The molecule has 1 saturated heterocycles. The number of amides is 3. The number of thioether (sulfide) groups is 1. The van der Waals surface area contributed by atoms with Crippen LogP contribution in [0.15, 0.2) is 47.4 Å². The Kier molecular flexibility index (Phi) is 6.67. The fourth-order valence-electron chi connectivity index (χ4n) is 4.49. The van der Waals surface area contributed by atoms with Gasteiger partial charge >= 0.3 is 0 Å². The van der Waals surface area contributed by atoms with Crippen molar-refractivity contribution >= 4 is 40.6 Å². The van der Waals surface area contributed by atoms with E-state index in [2.05, 4.69) is 42.8 Å². The minimum atomic E-state index is -0.581. The zero-order valence-corrected chi connectivity index (χ0v) is 21.0. The van der Waals surface area contributed by atoms with Crippen LogP contribution in [0.2, 0.25) is 0 Å². The first-order valence-corrected chi connectivity index (χ1v) is 11.9. The molecule has 1 aliphatic rings. The van der Waals surface area contributed by atoms with Crippen LogP contribution in [0.3, 0.4) is 0 Å². The Morgan fingerprint density at radius 2 is 1.71 bits per heavy atom. The summed E-state index contributed by atoms with van der Waals surface area (Å²) >= 11 is 0.805. The Bertz CT molecular complexity index is 1380.